The minimum Gasteiger partial charge on any atom is -0.381 e. The number of piperidine rings is 1. The lowest BCUT2D eigenvalue weighted by Gasteiger charge is -2.41. The molecule has 0 amide bonds. The Kier molecular flexibility index (Phi) is 5.58. The van der Waals surface area contributed by atoms with E-state index in [4.69, 9.17) is 34.7 Å². The zero-order chi connectivity index (χ0) is 20.8. The second kappa shape index (κ2) is 7.73. The van der Waals surface area contributed by atoms with Crippen LogP contribution in [0.2, 0.25) is 10.2 Å². The molecule has 29 heavy (non-hydrogen) atoms. The summed E-state index contributed by atoms with van der Waals surface area (Å²) >= 11 is 13.4. The Labute approximate surface area is 183 Å². The largest absolute Gasteiger partial charge is 0.381 e. The van der Waals surface area contributed by atoms with Crippen LogP contribution < -0.4 is 16.4 Å². The fourth-order valence-corrected chi connectivity index (χ4v) is 7.57. The first-order valence-corrected chi connectivity index (χ1v) is 12.4. The maximum Gasteiger partial charge on any atom is 0.158 e. The summed E-state index contributed by atoms with van der Waals surface area (Å²) in [5, 5.41) is 1.08. The van der Waals surface area contributed by atoms with Gasteiger partial charge in [-0.25, -0.2) is 23.4 Å². The summed E-state index contributed by atoms with van der Waals surface area (Å²) in [4.78, 5) is 15.6. The van der Waals surface area contributed by atoms with Crippen molar-refractivity contribution in [2.24, 2.45) is 11.1 Å². The van der Waals surface area contributed by atoms with E-state index in [-0.39, 0.29) is 33.9 Å². The average Bonchev–Trinajstić information content (AvgIpc) is 2.89. The lowest BCUT2D eigenvalue weighted by atomic mass is 9.75. The summed E-state index contributed by atoms with van der Waals surface area (Å²) in [7, 11) is -3.05. The third-order valence-electron chi connectivity index (χ3n) is 5.58. The van der Waals surface area contributed by atoms with Crippen molar-refractivity contribution in [1.29, 1.82) is 0 Å². The predicted octanol–water partition coefficient (Wildman–Crippen LogP) is 2.25. The van der Waals surface area contributed by atoms with E-state index in [0.29, 0.717) is 46.7 Å². The third kappa shape index (κ3) is 4.13. The number of nitrogen functional groups attached to an aromatic ring is 1. The fraction of sp³-hybridized carbons (Fsp3) is 0.471. The molecule has 156 valence electrons. The molecule has 0 aliphatic carbocycles. The predicted molar refractivity (Wildman–Crippen MR) is 115 cm³/mol. The van der Waals surface area contributed by atoms with Gasteiger partial charge in [-0.3, -0.25) is 0 Å². The molecule has 0 aromatic carbocycles. The molecule has 2 fully saturated rings. The Hall–Kier alpha value is -1.33. The molecule has 4 rings (SSSR count). The second-order valence-corrected chi connectivity index (χ2v) is 11.3. The number of anilines is 2. The minimum atomic E-state index is -3.05. The normalized spacial score (nSPS) is 22.9. The number of halogens is 2. The van der Waals surface area contributed by atoms with Crippen molar-refractivity contribution in [1.82, 2.24) is 15.0 Å². The van der Waals surface area contributed by atoms with Crippen molar-refractivity contribution in [3.63, 3.8) is 0 Å². The SMILES string of the molecule is Nc1nc(N2CCC3(CC2)CS(=O)(=O)CC3N)cnc1Sc1ccnc(Cl)c1Cl. The maximum absolute atomic E-state index is 12.0. The molecule has 2 aliphatic rings. The van der Waals surface area contributed by atoms with E-state index in [1.54, 1.807) is 18.5 Å². The molecule has 0 radical (unpaired) electrons. The Balaban J connectivity index is 1.47. The fourth-order valence-electron chi connectivity index (χ4n) is 3.95. The quantitative estimate of drug-likeness (QED) is 0.643. The average molecular weight is 475 g/mol. The van der Waals surface area contributed by atoms with Crippen LogP contribution in [0.25, 0.3) is 0 Å². The first-order chi connectivity index (χ1) is 13.7. The van der Waals surface area contributed by atoms with E-state index < -0.39 is 9.84 Å². The van der Waals surface area contributed by atoms with E-state index in [1.165, 1.54) is 11.8 Å². The standard InChI is InChI=1S/C17H20Cl2N6O2S2/c18-13-10(1-4-22-14(13)19)28-16-15(21)24-12(7-23-16)25-5-2-17(3-6-25)9-29(26,27)8-11(17)20/h1,4,7,11H,2-3,5-6,8-9,20H2,(H2,21,24). The first kappa shape index (κ1) is 20.9. The van der Waals surface area contributed by atoms with Gasteiger partial charge in [-0.1, -0.05) is 35.0 Å². The summed E-state index contributed by atoms with van der Waals surface area (Å²) in [6.45, 7) is 1.32. The molecule has 12 heteroatoms. The zero-order valence-electron chi connectivity index (χ0n) is 15.4. The van der Waals surface area contributed by atoms with E-state index >= 15 is 0 Å². The number of nitrogens with two attached hydrogens (primary N) is 2. The minimum absolute atomic E-state index is 0.0766. The van der Waals surface area contributed by atoms with Crippen LogP contribution in [0.15, 0.2) is 28.4 Å². The van der Waals surface area contributed by atoms with Crippen molar-refractivity contribution in [3.8, 4) is 0 Å². The molecule has 0 bridgehead atoms. The molecule has 1 atom stereocenters. The molecule has 8 nitrogen and oxygen atoms in total. The van der Waals surface area contributed by atoms with E-state index in [9.17, 15) is 8.42 Å². The van der Waals surface area contributed by atoms with Crippen molar-refractivity contribution >= 4 is 56.4 Å². The van der Waals surface area contributed by atoms with Crippen LogP contribution in [0, 0.1) is 5.41 Å². The highest BCUT2D eigenvalue weighted by Crippen LogP contribution is 2.42. The van der Waals surface area contributed by atoms with Crippen molar-refractivity contribution in [2.75, 3.05) is 35.2 Å². The molecule has 2 aromatic heterocycles. The van der Waals surface area contributed by atoms with Gasteiger partial charge in [0.05, 0.1) is 22.7 Å². The zero-order valence-corrected chi connectivity index (χ0v) is 18.5. The van der Waals surface area contributed by atoms with Crippen LogP contribution in [0.1, 0.15) is 12.8 Å². The van der Waals surface area contributed by atoms with Gasteiger partial charge in [-0.2, -0.15) is 0 Å². The number of pyridine rings is 1. The molecular weight excluding hydrogens is 455 g/mol. The van der Waals surface area contributed by atoms with Gasteiger partial charge in [0.1, 0.15) is 16.0 Å². The molecule has 2 aliphatic heterocycles. The summed E-state index contributed by atoms with van der Waals surface area (Å²) in [5.41, 5.74) is 12.0. The van der Waals surface area contributed by atoms with Crippen molar-refractivity contribution < 1.29 is 8.42 Å². The van der Waals surface area contributed by atoms with E-state index in [0.717, 1.165) is 0 Å². The summed E-state index contributed by atoms with van der Waals surface area (Å²) in [6, 6.07) is 1.43. The Morgan fingerprint density at radius 2 is 1.97 bits per heavy atom. The van der Waals surface area contributed by atoms with E-state index in [1.807, 2.05) is 0 Å². The van der Waals surface area contributed by atoms with Crippen LogP contribution in [0.4, 0.5) is 11.6 Å². The van der Waals surface area contributed by atoms with Crippen LogP contribution in [0.3, 0.4) is 0 Å². The maximum atomic E-state index is 12.0. The molecule has 1 spiro atoms. The van der Waals surface area contributed by atoms with E-state index in [2.05, 4.69) is 19.9 Å². The van der Waals surface area contributed by atoms with Gasteiger partial charge in [0, 0.05) is 35.6 Å². The van der Waals surface area contributed by atoms with Crippen molar-refractivity contribution in [3.05, 3.63) is 28.6 Å². The molecular formula is C17H20Cl2N6O2S2. The molecule has 4 N–H and O–H groups in total. The van der Waals surface area contributed by atoms with Gasteiger partial charge < -0.3 is 16.4 Å². The Morgan fingerprint density at radius 1 is 1.24 bits per heavy atom. The third-order valence-corrected chi connectivity index (χ3v) is 9.41. The van der Waals surface area contributed by atoms with Gasteiger partial charge in [-0.15, -0.1) is 0 Å². The highest BCUT2D eigenvalue weighted by molar-refractivity contribution is 7.99. The number of nitrogens with zero attached hydrogens (tertiary/aromatic N) is 4. The molecule has 2 saturated heterocycles. The van der Waals surface area contributed by atoms with Crippen LogP contribution >= 0.6 is 35.0 Å². The topological polar surface area (TPSA) is 128 Å². The highest BCUT2D eigenvalue weighted by atomic mass is 35.5. The number of hydrogen-bond acceptors (Lipinski definition) is 9. The Morgan fingerprint density at radius 3 is 2.59 bits per heavy atom. The van der Waals surface area contributed by atoms with Gasteiger partial charge in [0.25, 0.3) is 0 Å². The van der Waals surface area contributed by atoms with Crippen LogP contribution in [-0.4, -0.2) is 54.0 Å². The smallest absolute Gasteiger partial charge is 0.158 e. The monoisotopic (exact) mass is 474 g/mol. The van der Waals surface area contributed by atoms with Gasteiger partial charge >= 0.3 is 0 Å². The summed E-state index contributed by atoms with van der Waals surface area (Å²) in [5.74, 6) is 1.20. The summed E-state index contributed by atoms with van der Waals surface area (Å²) in [6.07, 6.45) is 4.64. The van der Waals surface area contributed by atoms with Crippen molar-refractivity contribution in [2.45, 2.75) is 28.8 Å². The van der Waals surface area contributed by atoms with Gasteiger partial charge in [0.2, 0.25) is 0 Å². The molecule has 0 saturated carbocycles. The van der Waals surface area contributed by atoms with Crippen LogP contribution in [-0.2, 0) is 9.84 Å². The number of aromatic nitrogens is 3. The van der Waals surface area contributed by atoms with Gasteiger partial charge in [-0.05, 0) is 18.9 Å². The highest BCUT2D eigenvalue weighted by Gasteiger charge is 2.49. The van der Waals surface area contributed by atoms with Gasteiger partial charge in [0.15, 0.2) is 15.7 Å². The Bertz CT molecular complexity index is 1040. The van der Waals surface area contributed by atoms with Crippen LogP contribution in [0.5, 0.6) is 0 Å². The number of rotatable bonds is 3. The molecule has 4 heterocycles. The first-order valence-electron chi connectivity index (χ1n) is 9.00. The summed E-state index contributed by atoms with van der Waals surface area (Å²) < 4.78 is 24.0. The second-order valence-electron chi connectivity index (χ2n) is 7.45. The molecule has 2 aromatic rings. The number of sulfone groups is 1. The number of hydrogen-bond donors (Lipinski definition) is 2. The lowest BCUT2D eigenvalue weighted by molar-refractivity contribution is 0.224. The molecule has 1 unspecified atom stereocenters. The lowest BCUT2D eigenvalue weighted by Crippen LogP contribution is -2.49.